The van der Waals surface area contributed by atoms with Crippen molar-refractivity contribution in [1.82, 2.24) is 15.0 Å². The summed E-state index contributed by atoms with van der Waals surface area (Å²) in [6.07, 6.45) is 4.33. The molecule has 3 aromatic heterocycles. The van der Waals surface area contributed by atoms with Gasteiger partial charge in [-0.3, -0.25) is 4.98 Å². The zero-order chi connectivity index (χ0) is 20.2. The number of nitrogens with two attached hydrogens (primary N) is 1. The zero-order valence-corrected chi connectivity index (χ0v) is 18.2. The second-order valence-corrected chi connectivity index (χ2v) is 9.03. The lowest BCUT2D eigenvalue weighted by molar-refractivity contribution is 0.182. The van der Waals surface area contributed by atoms with E-state index in [2.05, 4.69) is 10.3 Å². The van der Waals surface area contributed by atoms with Gasteiger partial charge in [-0.2, -0.15) is 0 Å². The third kappa shape index (κ3) is 4.91. The first-order valence-corrected chi connectivity index (χ1v) is 11.1. The van der Waals surface area contributed by atoms with Crippen LogP contribution >= 0.6 is 34.3 Å². The summed E-state index contributed by atoms with van der Waals surface area (Å²) >= 11 is 9.23. The molecular weight excluding hydrogens is 426 g/mol. The zero-order valence-electron chi connectivity index (χ0n) is 15.8. The van der Waals surface area contributed by atoms with Gasteiger partial charge in [0.2, 0.25) is 0 Å². The van der Waals surface area contributed by atoms with Crippen LogP contribution < -0.4 is 11.1 Å². The number of aromatic nitrogens is 3. The van der Waals surface area contributed by atoms with Crippen LogP contribution in [0.25, 0.3) is 20.1 Å². The van der Waals surface area contributed by atoms with Gasteiger partial charge in [-0.25, -0.2) is 9.97 Å². The van der Waals surface area contributed by atoms with Gasteiger partial charge in [-0.05, 0) is 30.2 Å². The predicted octanol–water partition coefficient (Wildman–Crippen LogP) is 4.60. The average molecular weight is 446 g/mol. The number of pyridine rings is 1. The highest BCUT2D eigenvalue weighted by atomic mass is 35.5. The molecule has 29 heavy (non-hydrogen) atoms. The van der Waals surface area contributed by atoms with Crippen molar-refractivity contribution in [3.63, 3.8) is 0 Å². The molecule has 0 fully saturated rings. The molecule has 150 valence electrons. The minimum Gasteiger partial charge on any atom is -0.378 e. The second-order valence-electron chi connectivity index (χ2n) is 6.57. The highest BCUT2D eigenvalue weighted by Crippen LogP contribution is 2.37. The molecule has 4 aromatic rings. The number of halogens is 1. The number of rotatable bonds is 8. The Morgan fingerprint density at radius 2 is 2.14 bits per heavy atom. The van der Waals surface area contributed by atoms with Crippen molar-refractivity contribution < 1.29 is 4.74 Å². The van der Waals surface area contributed by atoms with E-state index in [-0.39, 0.29) is 6.04 Å². The van der Waals surface area contributed by atoms with E-state index < -0.39 is 0 Å². The number of anilines is 1. The minimum absolute atomic E-state index is 0.0554. The summed E-state index contributed by atoms with van der Waals surface area (Å²) in [7, 11) is 1.67. The Kier molecular flexibility index (Phi) is 6.37. The largest absolute Gasteiger partial charge is 0.378 e. The lowest BCUT2D eigenvalue weighted by Gasteiger charge is -2.12. The van der Waals surface area contributed by atoms with E-state index >= 15 is 0 Å². The van der Waals surface area contributed by atoms with Crippen LogP contribution in [-0.4, -0.2) is 34.6 Å². The summed E-state index contributed by atoms with van der Waals surface area (Å²) in [4.78, 5) is 14.6. The topological polar surface area (TPSA) is 86.0 Å². The molecular formula is C20H20ClN5OS2. The lowest BCUT2D eigenvalue weighted by Crippen LogP contribution is -2.31. The molecule has 0 amide bonds. The molecule has 1 aromatic carbocycles. The molecule has 0 saturated heterocycles. The van der Waals surface area contributed by atoms with Crippen molar-refractivity contribution in [3.05, 3.63) is 59.0 Å². The van der Waals surface area contributed by atoms with Gasteiger partial charge in [-0.15, -0.1) is 11.3 Å². The number of fused-ring (bicyclic) bond motifs is 1. The van der Waals surface area contributed by atoms with Crippen LogP contribution in [0.3, 0.4) is 0 Å². The third-order valence-corrected chi connectivity index (χ3v) is 6.72. The van der Waals surface area contributed by atoms with Crippen LogP contribution in [0.4, 0.5) is 5.13 Å². The van der Waals surface area contributed by atoms with Gasteiger partial charge in [0.1, 0.15) is 5.01 Å². The van der Waals surface area contributed by atoms with E-state index in [1.165, 1.54) is 0 Å². The van der Waals surface area contributed by atoms with E-state index in [1.807, 2.05) is 36.5 Å². The molecule has 0 bridgehead atoms. The van der Waals surface area contributed by atoms with Crippen molar-refractivity contribution >= 4 is 49.6 Å². The van der Waals surface area contributed by atoms with Crippen molar-refractivity contribution in [3.8, 4) is 9.88 Å². The van der Waals surface area contributed by atoms with Crippen LogP contribution in [0.2, 0.25) is 5.02 Å². The van der Waals surface area contributed by atoms with Gasteiger partial charge in [0.25, 0.3) is 0 Å². The molecule has 4 rings (SSSR count). The molecule has 3 heterocycles. The second kappa shape index (κ2) is 9.15. The first kappa shape index (κ1) is 20.2. The van der Waals surface area contributed by atoms with Gasteiger partial charge >= 0.3 is 0 Å². The van der Waals surface area contributed by atoms with Crippen LogP contribution in [-0.2, 0) is 17.8 Å². The fraction of sp³-hybridized carbons (Fsp3) is 0.250. The molecule has 0 radical (unpaired) electrons. The maximum atomic E-state index is 6.30. The maximum Gasteiger partial charge on any atom is 0.183 e. The van der Waals surface area contributed by atoms with E-state index in [0.29, 0.717) is 13.2 Å². The van der Waals surface area contributed by atoms with Crippen LogP contribution in [0.1, 0.15) is 11.3 Å². The van der Waals surface area contributed by atoms with Gasteiger partial charge in [0.15, 0.2) is 5.13 Å². The Morgan fingerprint density at radius 3 is 2.93 bits per heavy atom. The number of nitrogens with one attached hydrogen (secondary N) is 1. The highest BCUT2D eigenvalue weighted by Gasteiger charge is 2.17. The molecule has 9 heteroatoms. The summed E-state index contributed by atoms with van der Waals surface area (Å²) < 4.78 is 6.39. The number of hydrogen-bond acceptors (Lipinski definition) is 8. The average Bonchev–Trinajstić information content (AvgIpc) is 3.30. The van der Waals surface area contributed by atoms with E-state index in [0.717, 1.165) is 47.9 Å². The van der Waals surface area contributed by atoms with Crippen LogP contribution in [0, 0.1) is 0 Å². The Balaban J connectivity index is 1.48. The maximum absolute atomic E-state index is 6.30. The molecule has 0 aliphatic rings. The monoisotopic (exact) mass is 445 g/mol. The van der Waals surface area contributed by atoms with E-state index in [4.69, 9.17) is 32.0 Å². The fourth-order valence-electron chi connectivity index (χ4n) is 2.96. The molecule has 1 atom stereocenters. The number of ether oxygens (including phenoxy) is 1. The van der Waals surface area contributed by atoms with Crippen molar-refractivity contribution in [1.29, 1.82) is 0 Å². The Hall–Kier alpha value is -2.10. The Bertz CT molecular complexity index is 1080. The number of nitrogens with zero attached hydrogens (tertiary/aromatic N) is 3. The van der Waals surface area contributed by atoms with Crippen molar-refractivity contribution in [2.75, 3.05) is 19.0 Å². The van der Waals surface area contributed by atoms with E-state index in [9.17, 15) is 0 Å². The quantitative estimate of drug-likeness (QED) is 0.412. The van der Waals surface area contributed by atoms with Crippen molar-refractivity contribution in [2.24, 2.45) is 5.73 Å². The number of thiazole rings is 2. The minimum atomic E-state index is -0.0554. The summed E-state index contributed by atoms with van der Waals surface area (Å²) in [6.45, 7) is 1.03. The van der Waals surface area contributed by atoms with Crippen LogP contribution in [0.5, 0.6) is 0 Å². The normalized spacial score (nSPS) is 12.4. The highest BCUT2D eigenvalue weighted by molar-refractivity contribution is 7.26. The standard InChI is InChI=1S/C20H20ClN5OS2/c1-27-11-16-18(19-25-15-5-6-23-10-17(15)28-19)29-20(26-16)24-9-14(22)8-12-3-2-4-13(21)7-12/h2-7,10,14H,8-9,11,22H2,1H3,(H,24,26)/t14-/m0/s1. The van der Waals surface area contributed by atoms with Crippen molar-refractivity contribution in [2.45, 2.75) is 19.1 Å². The molecule has 0 spiro atoms. The smallest absolute Gasteiger partial charge is 0.183 e. The predicted molar refractivity (Wildman–Crippen MR) is 121 cm³/mol. The van der Waals surface area contributed by atoms with Gasteiger partial charge in [-0.1, -0.05) is 35.1 Å². The third-order valence-electron chi connectivity index (χ3n) is 4.27. The Labute approximate surface area is 181 Å². The molecule has 0 saturated carbocycles. The fourth-order valence-corrected chi connectivity index (χ4v) is 5.18. The summed E-state index contributed by atoms with van der Waals surface area (Å²) in [5, 5.41) is 5.82. The summed E-state index contributed by atoms with van der Waals surface area (Å²) in [5.41, 5.74) is 9.23. The lowest BCUT2D eigenvalue weighted by atomic mass is 10.1. The van der Waals surface area contributed by atoms with E-state index in [1.54, 1.807) is 36.0 Å². The molecule has 3 N–H and O–H groups in total. The van der Waals surface area contributed by atoms with Gasteiger partial charge in [0.05, 0.1) is 27.4 Å². The number of hydrogen-bond donors (Lipinski definition) is 2. The molecule has 6 nitrogen and oxygen atoms in total. The van der Waals surface area contributed by atoms with Gasteiger partial charge < -0.3 is 15.8 Å². The van der Waals surface area contributed by atoms with Crippen LogP contribution in [0.15, 0.2) is 42.7 Å². The number of methoxy groups -OCH3 is 1. The molecule has 0 aliphatic heterocycles. The van der Waals surface area contributed by atoms with Gasteiger partial charge in [0, 0.05) is 37.1 Å². The first-order valence-electron chi connectivity index (χ1n) is 9.06. The first-order chi connectivity index (χ1) is 14.1. The SMILES string of the molecule is COCc1nc(NC[C@@H](N)Cc2cccc(Cl)c2)sc1-c1nc2ccncc2s1. The number of benzene rings is 1. The molecule has 0 aliphatic carbocycles. The summed E-state index contributed by atoms with van der Waals surface area (Å²) in [6, 6.07) is 9.64. The summed E-state index contributed by atoms with van der Waals surface area (Å²) in [5.74, 6) is 0. The Morgan fingerprint density at radius 1 is 1.24 bits per heavy atom. The molecule has 0 unspecified atom stereocenters.